The highest BCUT2D eigenvalue weighted by Crippen LogP contribution is 2.26. The zero-order chi connectivity index (χ0) is 14.7. The minimum atomic E-state index is 0.140. The summed E-state index contributed by atoms with van der Waals surface area (Å²) in [5.74, 6) is 0.169. The Morgan fingerprint density at radius 3 is 2.60 bits per heavy atom. The number of carbonyl (C=O) groups is 1. The first-order valence-electron chi connectivity index (χ1n) is 7.44. The number of aromatic nitrogens is 2. The minimum absolute atomic E-state index is 0.140. The number of aryl methyl sites for hydroxylation is 2. The Hall–Kier alpha value is -1.36. The van der Waals surface area contributed by atoms with Crippen LogP contribution in [0.1, 0.15) is 42.6 Å². The van der Waals surface area contributed by atoms with Crippen molar-refractivity contribution in [1.29, 1.82) is 0 Å². The van der Waals surface area contributed by atoms with Crippen molar-refractivity contribution in [2.45, 2.75) is 52.0 Å². The van der Waals surface area contributed by atoms with Crippen molar-refractivity contribution in [3.8, 4) is 0 Å². The van der Waals surface area contributed by atoms with Crippen LogP contribution in [0.4, 0.5) is 0 Å². The summed E-state index contributed by atoms with van der Waals surface area (Å²) in [5.41, 5.74) is 3.05. The van der Waals surface area contributed by atoms with Gasteiger partial charge in [-0.3, -0.25) is 9.48 Å². The topological polar surface area (TPSA) is 58.4 Å². The van der Waals surface area contributed by atoms with E-state index in [1.165, 1.54) is 6.42 Å². The maximum atomic E-state index is 12.6. The van der Waals surface area contributed by atoms with Gasteiger partial charge in [0.1, 0.15) is 0 Å². The molecule has 0 aliphatic heterocycles. The van der Waals surface area contributed by atoms with Crippen LogP contribution < -0.4 is 0 Å². The molecule has 1 aromatic rings. The largest absolute Gasteiger partial charge is 0.396 e. The second kappa shape index (κ2) is 6.39. The van der Waals surface area contributed by atoms with E-state index in [0.29, 0.717) is 25.4 Å². The molecule has 112 valence electrons. The van der Waals surface area contributed by atoms with Crippen LogP contribution in [0.25, 0.3) is 0 Å². The van der Waals surface area contributed by atoms with Gasteiger partial charge < -0.3 is 10.0 Å². The molecule has 1 heterocycles. The Labute approximate surface area is 120 Å². The average Bonchev–Trinajstić information content (AvgIpc) is 2.58. The second-order valence-electron chi connectivity index (χ2n) is 5.70. The van der Waals surface area contributed by atoms with Gasteiger partial charge in [0.05, 0.1) is 12.1 Å². The van der Waals surface area contributed by atoms with Crippen molar-refractivity contribution in [2.24, 2.45) is 7.05 Å². The Morgan fingerprint density at radius 2 is 2.15 bits per heavy atom. The molecule has 5 heteroatoms. The third-order valence-electron chi connectivity index (χ3n) is 4.38. The van der Waals surface area contributed by atoms with Gasteiger partial charge in [-0.25, -0.2) is 0 Å². The Morgan fingerprint density at radius 1 is 1.45 bits per heavy atom. The maximum Gasteiger partial charge on any atom is 0.227 e. The van der Waals surface area contributed by atoms with Gasteiger partial charge in [0, 0.05) is 37.5 Å². The molecular formula is C15H25N3O2. The van der Waals surface area contributed by atoms with Crippen LogP contribution in [0.3, 0.4) is 0 Å². The number of hydrogen-bond donors (Lipinski definition) is 1. The van der Waals surface area contributed by atoms with Crippen molar-refractivity contribution in [3.63, 3.8) is 0 Å². The SMILES string of the molecule is Cc1nn(C)c(C)c1CC(=O)N(CCCO)C1CCC1. The molecule has 1 amide bonds. The highest BCUT2D eigenvalue weighted by molar-refractivity contribution is 5.79. The lowest BCUT2D eigenvalue weighted by molar-refractivity contribution is -0.134. The summed E-state index contributed by atoms with van der Waals surface area (Å²) in [5, 5.41) is 13.4. The van der Waals surface area contributed by atoms with Crippen molar-refractivity contribution < 1.29 is 9.90 Å². The van der Waals surface area contributed by atoms with E-state index < -0.39 is 0 Å². The quantitative estimate of drug-likeness (QED) is 0.855. The fourth-order valence-corrected chi connectivity index (χ4v) is 2.78. The molecule has 0 aromatic carbocycles. The van der Waals surface area contributed by atoms with Crippen molar-refractivity contribution in [2.75, 3.05) is 13.2 Å². The molecule has 2 rings (SSSR count). The molecular weight excluding hydrogens is 254 g/mol. The fourth-order valence-electron chi connectivity index (χ4n) is 2.78. The standard InChI is InChI=1S/C15H25N3O2/c1-11-14(12(2)17(3)16-11)10-15(20)18(8-5-9-19)13-6-4-7-13/h13,19H,4-10H2,1-3H3. The minimum Gasteiger partial charge on any atom is -0.396 e. The Bertz CT molecular complexity index is 478. The number of nitrogens with zero attached hydrogens (tertiary/aromatic N) is 3. The lowest BCUT2D eigenvalue weighted by Gasteiger charge is -2.37. The Kier molecular flexibility index (Phi) is 4.81. The number of aliphatic hydroxyl groups is 1. The monoisotopic (exact) mass is 279 g/mol. The van der Waals surface area contributed by atoms with Gasteiger partial charge >= 0.3 is 0 Å². The first-order chi connectivity index (χ1) is 9.54. The number of aliphatic hydroxyl groups excluding tert-OH is 1. The van der Waals surface area contributed by atoms with E-state index in [4.69, 9.17) is 5.11 Å². The molecule has 0 bridgehead atoms. The molecule has 5 nitrogen and oxygen atoms in total. The molecule has 0 unspecified atom stereocenters. The van der Waals surface area contributed by atoms with Crippen LogP contribution in [0.2, 0.25) is 0 Å². The maximum absolute atomic E-state index is 12.6. The van der Waals surface area contributed by atoms with Crippen LogP contribution in [-0.2, 0) is 18.3 Å². The molecule has 1 saturated carbocycles. The smallest absolute Gasteiger partial charge is 0.227 e. The first kappa shape index (κ1) is 15.0. The fraction of sp³-hybridized carbons (Fsp3) is 0.733. The third-order valence-corrected chi connectivity index (χ3v) is 4.38. The van der Waals surface area contributed by atoms with E-state index in [1.807, 2.05) is 30.5 Å². The predicted molar refractivity (Wildman–Crippen MR) is 77.4 cm³/mol. The molecule has 0 atom stereocenters. The molecule has 0 saturated heterocycles. The van der Waals surface area contributed by atoms with Gasteiger partial charge in [-0.15, -0.1) is 0 Å². The summed E-state index contributed by atoms with van der Waals surface area (Å²) in [6.45, 7) is 4.76. The van der Waals surface area contributed by atoms with E-state index in [-0.39, 0.29) is 12.5 Å². The van der Waals surface area contributed by atoms with Crippen LogP contribution in [0.5, 0.6) is 0 Å². The zero-order valence-electron chi connectivity index (χ0n) is 12.7. The summed E-state index contributed by atoms with van der Waals surface area (Å²) in [6.07, 6.45) is 4.49. The summed E-state index contributed by atoms with van der Waals surface area (Å²) >= 11 is 0. The normalized spacial score (nSPS) is 15.2. The Balaban J connectivity index is 2.07. The highest BCUT2D eigenvalue weighted by Gasteiger charge is 2.29. The highest BCUT2D eigenvalue weighted by atomic mass is 16.3. The predicted octanol–water partition coefficient (Wildman–Crippen LogP) is 1.34. The number of hydrogen-bond acceptors (Lipinski definition) is 3. The molecule has 1 aliphatic carbocycles. The second-order valence-corrected chi connectivity index (χ2v) is 5.70. The molecule has 0 spiro atoms. The number of carbonyl (C=O) groups excluding carboxylic acids is 1. The van der Waals surface area contributed by atoms with Crippen LogP contribution in [-0.4, -0.2) is 44.9 Å². The molecule has 20 heavy (non-hydrogen) atoms. The van der Waals surface area contributed by atoms with Crippen molar-refractivity contribution >= 4 is 5.91 Å². The van der Waals surface area contributed by atoms with Gasteiger partial charge in [-0.05, 0) is 39.5 Å². The summed E-state index contributed by atoms with van der Waals surface area (Å²) in [6, 6.07) is 0.381. The van der Waals surface area contributed by atoms with Crippen molar-refractivity contribution in [3.05, 3.63) is 17.0 Å². The lowest BCUT2D eigenvalue weighted by Crippen LogP contribution is -2.45. The van der Waals surface area contributed by atoms with Crippen molar-refractivity contribution in [1.82, 2.24) is 14.7 Å². The van der Waals surface area contributed by atoms with E-state index in [0.717, 1.165) is 29.8 Å². The van der Waals surface area contributed by atoms with E-state index in [1.54, 1.807) is 0 Å². The molecule has 0 radical (unpaired) electrons. The summed E-state index contributed by atoms with van der Waals surface area (Å²) in [4.78, 5) is 14.5. The summed E-state index contributed by atoms with van der Waals surface area (Å²) < 4.78 is 1.83. The van der Waals surface area contributed by atoms with Gasteiger partial charge in [-0.2, -0.15) is 5.10 Å². The molecule has 1 aromatic heterocycles. The van der Waals surface area contributed by atoms with Crippen LogP contribution in [0, 0.1) is 13.8 Å². The lowest BCUT2D eigenvalue weighted by atomic mass is 9.90. The average molecular weight is 279 g/mol. The van der Waals surface area contributed by atoms with E-state index in [9.17, 15) is 4.79 Å². The van der Waals surface area contributed by atoms with Gasteiger partial charge in [0.25, 0.3) is 0 Å². The third kappa shape index (κ3) is 3.03. The van der Waals surface area contributed by atoms with Gasteiger partial charge in [-0.1, -0.05) is 0 Å². The van der Waals surface area contributed by atoms with Crippen LogP contribution >= 0.6 is 0 Å². The van der Waals surface area contributed by atoms with E-state index >= 15 is 0 Å². The van der Waals surface area contributed by atoms with E-state index in [2.05, 4.69) is 5.10 Å². The summed E-state index contributed by atoms with van der Waals surface area (Å²) in [7, 11) is 1.91. The number of amides is 1. The van der Waals surface area contributed by atoms with Crippen LogP contribution in [0.15, 0.2) is 0 Å². The van der Waals surface area contributed by atoms with Gasteiger partial charge in [0.15, 0.2) is 0 Å². The molecule has 1 aliphatic rings. The first-order valence-corrected chi connectivity index (χ1v) is 7.44. The molecule has 1 N–H and O–H groups in total. The zero-order valence-corrected chi connectivity index (χ0v) is 12.7. The number of rotatable bonds is 6. The molecule has 1 fully saturated rings. The van der Waals surface area contributed by atoms with Gasteiger partial charge in [0.2, 0.25) is 5.91 Å².